The van der Waals surface area contributed by atoms with Crippen molar-refractivity contribution in [3.8, 4) is 11.3 Å². The molecular weight excluding hydrogens is 426 g/mol. The maximum Gasteiger partial charge on any atom is 0.275 e. The average molecular weight is 446 g/mol. The van der Waals surface area contributed by atoms with Crippen LogP contribution < -0.4 is 10.1 Å². The van der Waals surface area contributed by atoms with Gasteiger partial charge in [-0.3, -0.25) is 14.9 Å². The van der Waals surface area contributed by atoms with Gasteiger partial charge in [0.15, 0.2) is 4.96 Å². The van der Waals surface area contributed by atoms with Gasteiger partial charge < -0.3 is 4.42 Å². The van der Waals surface area contributed by atoms with Crippen molar-refractivity contribution >= 4 is 39.1 Å². The Balaban J connectivity index is 1.61. The smallest absolute Gasteiger partial charge is 0.275 e. The monoisotopic (exact) mass is 445 g/mol. The van der Waals surface area contributed by atoms with Gasteiger partial charge in [0.05, 0.1) is 16.0 Å². The zero-order chi connectivity index (χ0) is 22.7. The van der Waals surface area contributed by atoms with Crippen molar-refractivity contribution < 1.29 is 9.34 Å². The molecule has 0 N–H and O–H groups in total. The zero-order valence-electron chi connectivity index (χ0n) is 17.9. The van der Waals surface area contributed by atoms with E-state index in [4.69, 9.17) is 4.42 Å². The highest BCUT2D eigenvalue weighted by molar-refractivity contribution is 7.15. The number of nitro groups is 1. The second-order valence-electron chi connectivity index (χ2n) is 7.98. The highest BCUT2D eigenvalue weighted by atomic mass is 32.1. The number of rotatable bonds is 3. The number of aryl methyl sites for hydroxylation is 4. The Morgan fingerprint density at radius 1 is 1.03 bits per heavy atom. The molecule has 5 rings (SSSR count). The lowest BCUT2D eigenvalue weighted by Gasteiger charge is -2.05. The van der Waals surface area contributed by atoms with Gasteiger partial charge in [-0.25, -0.2) is 9.38 Å². The quantitative estimate of drug-likeness (QED) is 0.292. The van der Waals surface area contributed by atoms with E-state index in [9.17, 15) is 14.9 Å². The van der Waals surface area contributed by atoms with Gasteiger partial charge in [0.1, 0.15) is 16.1 Å². The predicted molar refractivity (Wildman–Crippen MR) is 125 cm³/mol. The molecule has 0 saturated carbocycles. The molecule has 0 amide bonds. The molecule has 8 heteroatoms. The minimum Gasteiger partial charge on any atom is -0.457 e. The molecule has 0 aliphatic heterocycles. The molecular formula is C24H19N3O4S. The number of furan rings is 1. The van der Waals surface area contributed by atoms with Crippen molar-refractivity contribution in [3.63, 3.8) is 0 Å². The molecule has 0 saturated heterocycles. The van der Waals surface area contributed by atoms with Crippen LogP contribution in [0.15, 0.2) is 45.6 Å². The van der Waals surface area contributed by atoms with Crippen LogP contribution in [0.2, 0.25) is 0 Å². The number of nitro benzene ring substituents is 1. The van der Waals surface area contributed by atoms with E-state index in [1.807, 2.05) is 32.9 Å². The molecule has 0 fully saturated rings. The van der Waals surface area contributed by atoms with Crippen LogP contribution in [0.5, 0.6) is 0 Å². The lowest BCUT2D eigenvalue weighted by molar-refractivity contribution is -0.385. The largest absolute Gasteiger partial charge is 0.457 e. The van der Waals surface area contributed by atoms with Crippen LogP contribution >= 0.6 is 11.3 Å². The van der Waals surface area contributed by atoms with Gasteiger partial charge in [-0.05, 0) is 74.7 Å². The van der Waals surface area contributed by atoms with Crippen molar-refractivity contribution in [3.05, 3.63) is 89.4 Å². The number of nitrogens with zero attached hydrogens (tertiary/aromatic N) is 3. The molecule has 0 bridgehead atoms. The van der Waals surface area contributed by atoms with E-state index >= 15 is 0 Å². The number of thiazole rings is 1. The van der Waals surface area contributed by atoms with E-state index in [-0.39, 0.29) is 11.2 Å². The van der Waals surface area contributed by atoms with Crippen molar-refractivity contribution in [1.29, 1.82) is 0 Å². The van der Waals surface area contributed by atoms with Crippen LogP contribution in [0.4, 0.5) is 5.69 Å². The SMILES string of the molecule is Cc1cc2nc3sc(=Cc4ccc(-c5cc([N+](=O)[O-])c(C)cc5C)o4)c(=O)n3c2cc1C. The molecule has 2 aromatic carbocycles. The summed E-state index contributed by atoms with van der Waals surface area (Å²) in [6, 6.07) is 10.8. The van der Waals surface area contributed by atoms with Crippen LogP contribution in [0, 0.1) is 37.8 Å². The molecule has 32 heavy (non-hydrogen) atoms. The molecule has 0 unspecified atom stereocenters. The summed E-state index contributed by atoms with van der Waals surface area (Å²) in [5.74, 6) is 1.02. The van der Waals surface area contributed by atoms with E-state index in [0.29, 0.717) is 32.1 Å². The average Bonchev–Trinajstić information content (AvgIpc) is 3.39. The first-order valence-electron chi connectivity index (χ1n) is 10.0. The third-order valence-electron chi connectivity index (χ3n) is 5.76. The van der Waals surface area contributed by atoms with E-state index in [0.717, 1.165) is 27.7 Å². The summed E-state index contributed by atoms with van der Waals surface area (Å²) < 4.78 is 8.09. The molecule has 3 heterocycles. The first-order valence-corrected chi connectivity index (χ1v) is 10.8. The second kappa shape index (κ2) is 7.13. The van der Waals surface area contributed by atoms with E-state index in [1.165, 1.54) is 17.4 Å². The van der Waals surface area contributed by atoms with Gasteiger partial charge in [-0.2, -0.15) is 0 Å². The Hall–Kier alpha value is -3.78. The van der Waals surface area contributed by atoms with E-state index < -0.39 is 4.92 Å². The summed E-state index contributed by atoms with van der Waals surface area (Å²) in [6.07, 6.45) is 1.69. The van der Waals surface area contributed by atoms with Crippen molar-refractivity contribution in [1.82, 2.24) is 9.38 Å². The van der Waals surface area contributed by atoms with Gasteiger partial charge in [0.2, 0.25) is 0 Å². The van der Waals surface area contributed by atoms with Crippen molar-refractivity contribution in [2.24, 2.45) is 0 Å². The molecule has 0 spiro atoms. The third-order valence-corrected chi connectivity index (χ3v) is 6.73. The number of aromatic nitrogens is 2. The summed E-state index contributed by atoms with van der Waals surface area (Å²) in [6.45, 7) is 7.64. The Kier molecular flexibility index (Phi) is 4.49. The van der Waals surface area contributed by atoms with Crippen LogP contribution in [0.3, 0.4) is 0 Å². The molecule has 0 atom stereocenters. The van der Waals surface area contributed by atoms with Gasteiger partial charge in [-0.1, -0.05) is 11.3 Å². The molecule has 160 valence electrons. The Bertz CT molecular complexity index is 1670. The number of hydrogen-bond acceptors (Lipinski definition) is 6. The van der Waals surface area contributed by atoms with Crippen molar-refractivity contribution in [2.45, 2.75) is 27.7 Å². The van der Waals surface area contributed by atoms with Crippen molar-refractivity contribution in [2.75, 3.05) is 0 Å². The molecule has 0 radical (unpaired) electrons. The first kappa shape index (κ1) is 20.1. The van der Waals surface area contributed by atoms with Crippen LogP contribution in [0.25, 0.3) is 33.4 Å². The number of hydrogen-bond donors (Lipinski definition) is 0. The Morgan fingerprint density at radius 2 is 1.78 bits per heavy atom. The summed E-state index contributed by atoms with van der Waals surface area (Å²) >= 11 is 1.31. The normalized spacial score (nSPS) is 12.3. The Morgan fingerprint density at radius 3 is 2.53 bits per heavy atom. The lowest BCUT2D eigenvalue weighted by Crippen LogP contribution is -2.22. The topological polar surface area (TPSA) is 90.7 Å². The highest BCUT2D eigenvalue weighted by Gasteiger charge is 2.17. The highest BCUT2D eigenvalue weighted by Crippen LogP contribution is 2.31. The fraction of sp³-hybridized carbons (Fsp3) is 0.167. The minimum absolute atomic E-state index is 0.0475. The molecule has 0 aliphatic rings. The van der Waals surface area contributed by atoms with E-state index in [1.54, 1.807) is 35.6 Å². The summed E-state index contributed by atoms with van der Waals surface area (Å²) in [5, 5.41) is 11.3. The second-order valence-corrected chi connectivity index (χ2v) is 8.99. The zero-order valence-corrected chi connectivity index (χ0v) is 18.7. The molecule has 7 nitrogen and oxygen atoms in total. The van der Waals surface area contributed by atoms with Gasteiger partial charge in [-0.15, -0.1) is 0 Å². The maximum absolute atomic E-state index is 13.1. The van der Waals surface area contributed by atoms with Crippen LogP contribution in [-0.4, -0.2) is 14.3 Å². The summed E-state index contributed by atoms with van der Waals surface area (Å²) in [5.41, 5.74) is 5.89. The van der Waals surface area contributed by atoms with E-state index in [2.05, 4.69) is 4.98 Å². The first-order chi connectivity index (χ1) is 15.2. The number of fused-ring (bicyclic) bond motifs is 3. The van der Waals surface area contributed by atoms with Crippen LogP contribution in [-0.2, 0) is 0 Å². The van der Waals surface area contributed by atoms with Gasteiger partial charge in [0.25, 0.3) is 11.2 Å². The predicted octanol–water partition coefficient (Wildman–Crippen LogP) is 4.86. The lowest BCUT2D eigenvalue weighted by atomic mass is 10.0. The summed E-state index contributed by atoms with van der Waals surface area (Å²) in [7, 11) is 0. The van der Waals surface area contributed by atoms with Crippen LogP contribution in [0.1, 0.15) is 28.0 Å². The standard InChI is InChI=1S/C24H19N3O4S/c1-12-8-18-20(9-13(12)2)26-23(28)22(32-24(26)25-18)10-16-5-6-21(31-16)17-11-19(27(29)30)15(4)7-14(17)3/h5-11H,1-4H3. The molecule has 5 aromatic rings. The third kappa shape index (κ3) is 3.11. The summed E-state index contributed by atoms with van der Waals surface area (Å²) in [4.78, 5) is 29.2. The number of benzene rings is 2. The van der Waals surface area contributed by atoms with Gasteiger partial charge in [0, 0.05) is 23.3 Å². The fourth-order valence-electron chi connectivity index (χ4n) is 3.93. The van der Waals surface area contributed by atoms with Gasteiger partial charge >= 0.3 is 0 Å². The Labute approximate surface area is 186 Å². The molecule has 3 aromatic heterocycles. The minimum atomic E-state index is -0.396. The maximum atomic E-state index is 13.1. The number of imidazole rings is 1. The molecule has 0 aliphatic carbocycles. The fourth-order valence-corrected chi connectivity index (χ4v) is 4.89.